The number of nitrogens with two attached hydrogens (primary N) is 1. The van der Waals surface area contributed by atoms with Crippen LogP contribution in [0.1, 0.15) is 35.6 Å². The van der Waals surface area contributed by atoms with E-state index in [2.05, 4.69) is 16.3 Å². The number of hydrogen-bond donors (Lipinski definition) is 2. The third kappa shape index (κ3) is 6.49. The van der Waals surface area contributed by atoms with Crippen LogP contribution in [0.5, 0.6) is 0 Å². The van der Waals surface area contributed by atoms with Crippen molar-refractivity contribution in [2.75, 3.05) is 18.8 Å². The van der Waals surface area contributed by atoms with Crippen molar-refractivity contribution in [2.45, 2.75) is 31.5 Å². The minimum absolute atomic E-state index is 0. The Hall–Kier alpha value is -3.02. The fourth-order valence-electron chi connectivity index (χ4n) is 4.09. The van der Waals surface area contributed by atoms with Crippen LogP contribution in [-0.4, -0.2) is 30.2 Å². The number of amides is 1. The standard InChI is InChI=1S/C26H29N3O2.ClH/c27-23-13-7-8-20(18-23)19-29-16-14-24(15-17-29)31-26(30)28-25(21-9-3-1-4-10-21)22-11-5-2-6-12-22;/h1-13,18,24-25H,14-17,19,27H2,(H,28,30);1H. The van der Waals surface area contributed by atoms with Gasteiger partial charge in [-0.3, -0.25) is 4.90 Å². The predicted octanol–water partition coefficient (Wildman–Crippen LogP) is 5.17. The monoisotopic (exact) mass is 451 g/mol. The topological polar surface area (TPSA) is 67.6 Å². The van der Waals surface area contributed by atoms with E-state index in [1.165, 1.54) is 5.56 Å². The first-order valence-corrected chi connectivity index (χ1v) is 10.8. The molecule has 0 unspecified atom stereocenters. The zero-order valence-electron chi connectivity index (χ0n) is 18.0. The maximum atomic E-state index is 12.7. The third-order valence-corrected chi connectivity index (χ3v) is 5.69. The number of piperidine rings is 1. The zero-order chi connectivity index (χ0) is 21.5. The Bertz CT molecular complexity index is 937. The van der Waals surface area contributed by atoms with Gasteiger partial charge in [-0.05, 0) is 41.7 Å². The number of hydrogen-bond acceptors (Lipinski definition) is 4. The van der Waals surface area contributed by atoms with Crippen molar-refractivity contribution in [3.8, 4) is 0 Å². The van der Waals surface area contributed by atoms with Gasteiger partial charge in [-0.2, -0.15) is 0 Å². The van der Waals surface area contributed by atoms with Gasteiger partial charge in [0, 0.05) is 25.3 Å². The number of carbonyl (C=O) groups excluding carboxylic acids is 1. The summed E-state index contributed by atoms with van der Waals surface area (Å²) in [6.07, 6.45) is 1.23. The predicted molar refractivity (Wildman–Crippen MR) is 131 cm³/mol. The van der Waals surface area contributed by atoms with E-state index in [9.17, 15) is 4.79 Å². The number of carbonyl (C=O) groups is 1. The van der Waals surface area contributed by atoms with Gasteiger partial charge in [-0.1, -0.05) is 72.8 Å². The van der Waals surface area contributed by atoms with Crippen LogP contribution < -0.4 is 11.1 Å². The molecular formula is C26H30ClN3O2. The number of rotatable bonds is 6. The van der Waals surface area contributed by atoms with Crippen LogP contribution in [-0.2, 0) is 11.3 Å². The van der Waals surface area contributed by atoms with Crippen LogP contribution in [0, 0.1) is 0 Å². The Kier molecular flexibility index (Phi) is 8.54. The number of halogens is 1. The molecule has 1 fully saturated rings. The second kappa shape index (κ2) is 11.6. The van der Waals surface area contributed by atoms with E-state index in [0.29, 0.717) is 0 Å². The van der Waals surface area contributed by atoms with Gasteiger partial charge in [-0.15, -0.1) is 12.4 Å². The first-order valence-electron chi connectivity index (χ1n) is 10.8. The van der Waals surface area contributed by atoms with Gasteiger partial charge >= 0.3 is 6.09 Å². The molecule has 32 heavy (non-hydrogen) atoms. The number of benzene rings is 3. The maximum Gasteiger partial charge on any atom is 0.408 e. The quantitative estimate of drug-likeness (QED) is 0.507. The van der Waals surface area contributed by atoms with Gasteiger partial charge in [0.05, 0.1) is 6.04 Å². The molecule has 0 aliphatic carbocycles. The van der Waals surface area contributed by atoms with E-state index in [1.54, 1.807) is 0 Å². The first-order chi connectivity index (χ1) is 15.2. The van der Waals surface area contributed by atoms with Crippen molar-refractivity contribution in [1.29, 1.82) is 0 Å². The molecule has 0 bridgehead atoms. The number of ether oxygens (including phenoxy) is 1. The Balaban J connectivity index is 0.00000289. The summed E-state index contributed by atoms with van der Waals surface area (Å²) in [5.41, 5.74) is 9.95. The van der Waals surface area contributed by atoms with Crippen LogP contribution in [0.25, 0.3) is 0 Å². The molecule has 1 aliphatic heterocycles. The SMILES string of the molecule is Cl.Nc1cccc(CN2CCC(OC(=O)NC(c3ccccc3)c3ccccc3)CC2)c1. The molecule has 0 radical (unpaired) electrons. The Morgan fingerprint density at radius 3 is 2.09 bits per heavy atom. The van der Waals surface area contributed by atoms with Gasteiger partial charge in [0.15, 0.2) is 0 Å². The van der Waals surface area contributed by atoms with E-state index in [0.717, 1.165) is 49.3 Å². The molecule has 1 heterocycles. The van der Waals surface area contributed by atoms with E-state index >= 15 is 0 Å². The van der Waals surface area contributed by atoms with Crippen LogP contribution in [0.3, 0.4) is 0 Å². The van der Waals surface area contributed by atoms with Gasteiger partial charge in [0.25, 0.3) is 0 Å². The molecule has 5 nitrogen and oxygen atoms in total. The van der Waals surface area contributed by atoms with E-state index in [4.69, 9.17) is 10.5 Å². The highest BCUT2D eigenvalue weighted by molar-refractivity contribution is 5.85. The van der Waals surface area contributed by atoms with E-state index in [-0.39, 0.29) is 30.6 Å². The minimum Gasteiger partial charge on any atom is -0.446 e. The highest BCUT2D eigenvalue weighted by atomic mass is 35.5. The number of likely N-dealkylation sites (tertiary alicyclic amines) is 1. The van der Waals surface area contributed by atoms with Gasteiger partial charge < -0.3 is 15.8 Å². The van der Waals surface area contributed by atoms with Crippen LogP contribution >= 0.6 is 12.4 Å². The lowest BCUT2D eigenvalue weighted by Crippen LogP contribution is -2.40. The molecule has 0 aromatic heterocycles. The van der Waals surface area contributed by atoms with Crippen LogP contribution in [0.4, 0.5) is 10.5 Å². The average molecular weight is 452 g/mol. The summed E-state index contributed by atoms with van der Waals surface area (Å²) in [6, 6.07) is 27.7. The molecule has 3 N–H and O–H groups in total. The molecule has 3 aromatic rings. The molecule has 0 atom stereocenters. The fourth-order valence-corrected chi connectivity index (χ4v) is 4.09. The van der Waals surface area contributed by atoms with Crippen molar-refractivity contribution in [3.63, 3.8) is 0 Å². The highest BCUT2D eigenvalue weighted by Crippen LogP contribution is 2.23. The molecule has 1 amide bonds. The van der Waals surface area contributed by atoms with E-state index in [1.807, 2.05) is 78.9 Å². The van der Waals surface area contributed by atoms with Crippen molar-refractivity contribution >= 4 is 24.2 Å². The lowest BCUT2D eigenvalue weighted by atomic mass is 9.99. The molecule has 0 saturated carbocycles. The van der Waals surface area contributed by atoms with Crippen molar-refractivity contribution in [3.05, 3.63) is 102 Å². The van der Waals surface area contributed by atoms with Gasteiger partial charge in [0.1, 0.15) is 6.10 Å². The minimum atomic E-state index is -0.369. The van der Waals surface area contributed by atoms with Crippen molar-refractivity contribution in [1.82, 2.24) is 10.2 Å². The van der Waals surface area contributed by atoms with Gasteiger partial charge in [0.2, 0.25) is 0 Å². The third-order valence-electron chi connectivity index (χ3n) is 5.69. The molecule has 6 heteroatoms. The normalized spacial score (nSPS) is 14.5. The van der Waals surface area contributed by atoms with Crippen LogP contribution in [0.2, 0.25) is 0 Å². The largest absolute Gasteiger partial charge is 0.446 e. The molecule has 1 aliphatic rings. The molecule has 4 rings (SSSR count). The second-order valence-electron chi connectivity index (χ2n) is 8.02. The number of alkyl carbamates (subject to hydrolysis) is 1. The maximum absolute atomic E-state index is 12.7. The summed E-state index contributed by atoms with van der Waals surface area (Å²) in [5.74, 6) is 0. The summed E-state index contributed by atoms with van der Waals surface area (Å²) in [5, 5.41) is 3.07. The van der Waals surface area contributed by atoms with Crippen molar-refractivity contribution < 1.29 is 9.53 Å². The summed E-state index contributed by atoms with van der Waals surface area (Å²) in [4.78, 5) is 15.1. The van der Waals surface area contributed by atoms with Crippen LogP contribution in [0.15, 0.2) is 84.9 Å². The number of nitrogens with zero attached hydrogens (tertiary/aromatic N) is 1. The molecule has 0 spiro atoms. The summed E-state index contributed by atoms with van der Waals surface area (Å²) in [6.45, 7) is 2.66. The number of anilines is 1. The molecular weight excluding hydrogens is 422 g/mol. The Morgan fingerprint density at radius 1 is 0.938 bits per heavy atom. The summed E-state index contributed by atoms with van der Waals surface area (Å²) < 4.78 is 5.79. The lowest BCUT2D eigenvalue weighted by molar-refractivity contribution is 0.0476. The van der Waals surface area contributed by atoms with Crippen molar-refractivity contribution in [2.24, 2.45) is 0 Å². The average Bonchev–Trinajstić information content (AvgIpc) is 2.80. The first kappa shape index (κ1) is 23.6. The summed E-state index contributed by atoms with van der Waals surface area (Å²) >= 11 is 0. The highest BCUT2D eigenvalue weighted by Gasteiger charge is 2.24. The number of nitrogen functional groups attached to an aromatic ring is 1. The molecule has 168 valence electrons. The lowest BCUT2D eigenvalue weighted by Gasteiger charge is -2.32. The molecule has 1 saturated heterocycles. The smallest absolute Gasteiger partial charge is 0.408 e. The fraction of sp³-hybridized carbons (Fsp3) is 0.269. The number of nitrogens with one attached hydrogen (secondary N) is 1. The van der Waals surface area contributed by atoms with E-state index < -0.39 is 0 Å². The van der Waals surface area contributed by atoms with Gasteiger partial charge in [-0.25, -0.2) is 4.79 Å². The molecule has 3 aromatic carbocycles. The summed E-state index contributed by atoms with van der Waals surface area (Å²) in [7, 11) is 0. The Labute approximate surface area is 196 Å². The second-order valence-corrected chi connectivity index (χ2v) is 8.02. The Morgan fingerprint density at radius 2 is 1.53 bits per heavy atom. The zero-order valence-corrected chi connectivity index (χ0v) is 18.8.